The van der Waals surface area contributed by atoms with E-state index in [1.165, 1.54) is 5.56 Å². The highest BCUT2D eigenvalue weighted by molar-refractivity contribution is 5.72. The lowest BCUT2D eigenvalue weighted by molar-refractivity contribution is -0.156. The summed E-state index contributed by atoms with van der Waals surface area (Å²) in [5.41, 5.74) is 0.799. The first-order valence-electron chi connectivity index (χ1n) is 8.02. The Kier molecular flexibility index (Phi) is 5.98. The van der Waals surface area contributed by atoms with Crippen LogP contribution < -0.4 is 0 Å². The zero-order valence-electron chi connectivity index (χ0n) is 13.9. The number of piperidine rings is 1. The molecular weight excluding hydrogens is 278 g/mol. The van der Waals surface area contributed by atoms with Crippen molar-refractivity contribution in [3.05, 3.63) is 35.9 Å². The summed E-state index contributed by atoms with van der Waals surface area (Å²) in [7, 11) is 0. The Bertz CT molecular complexity index is 459. The van der Waals surface area contributed by atoms with Gasteiger partial charge in [-0.2, -0.15) is 0 Å². The summed E-state index contributed by atoms with van der Waals surface area (Å²) in [4.78, 5) is 14.0. The zero-order valence-corrected chi connectivity index (χ0v) is 13.9. The first-order valence-corrected chi connectivity index (χ1v) is 8.02. The number of rotatable bonds is 5. The van der Waals surface area contributed by atoms with Crippen molar-refractivity contribution in [2.24, 2.45) is 0 Å². The number of esters is 1. The van der Waals surface area contributed by atoms with Crippen molar-refractivity contribution in [1.29, 1.82) is 0 Å². The Hall–Kier alpha value is -1.39. The number of hydrogen-bond acceptors (Lipinski definition) is 4. The Balaban J connectivity index is 1.66. The van der Waals surface area contributed by atoms with Crippen molar-refractivity contribution in [3.8, 4) is 0 Å². The third kappa shape index (κ3) is 6.16. The van der Waals surface area contributed by atoms with E-state index < -0.39 is 5.60 Å². The second-order valence-corrected chi connectivity index (χ2v) is 6.86. The molecule has 1 fully saturated rings. The molecule has 4 heteroatoms. The van der Waals surface area contributed by atoms with Crippen molar-refractivity contribution >= 4 is 5.97 Å². The monoisotopic (exact) mass is 305 g/mol. The molecule has 0 amide bonds. The van der Waals surface area contributed by atoms with Gasteiger partial charge in [0.2, 0.25) is 0 Å². The minimum absolute atomic E-state index is 0.142. The minimum Gasteiger partial charge on any atom is -0.459 e. The van der Waals surface area contributed by atoms with Crippen LogP contribution in [0.4, 0.5) is 0 Å². The van der Waals surface area contributed by atoms with Crippen LogP contribution in [0, 0.1) is 0 Å². The number of carbonyl (C=O) groups is 1. The van der Waals surface area contributed by atoms with Gasteiger partial charge < -0.3 is 9.47 Å². The van der Waals surface area contributed by atoms with Gasteiger partial charge in [-0.1, -0.05) is 30.3 Å². The molecule has 4 nitrogen and oxygen atoms in total. The van der Waals surface area contributed by atoms with E-state index in [2.05, 4.69) is 17.0 Å². The van der Waals surface area contributed by atoms with E-state index in [-0.39, 0.29) is 12.1 Å². The largest absolute Gasteiger partial charge is 0.459 e. The van der Waals surface area contributed by atoms with Gasteiger partial charge in [-0.05, 0) is 39.2 Å². The molecule has 1 aliphatic heterocycles. The van der Waals surface area contributed by atoms with E-state index in [0.29, 0.717) is 13.2 Å². The van der Waals surface area contributed by atoms with Crippen molar-refractivity contribution in [2.75, 3.05) is 19.6 Å². The number of benzene rings is 1. The molecular formula is C18H27NO3. The highest BCUT2D eigenvalue weighted by Gasteiger charge is 2.23. The fourth-order valence-electron chi connectivity index (χ4n) is 2.58. The maximum Gasteiger partial charge on any atom is 0.320 e. The lowest BCUT2D eigenvalue weighted by atomic mass is 10.1. The molecule has 0 N–H and O–H groups in total. The summed E-state index contributed by atoms with van der Waals surface area (Å²) in [6.07, 6.45) is 2.22. The van der Waals surface area contributed by atoms with E-state index in [9.17, 15) is 4.79 Å². The molecule has 0 atom stereocenters. The van der Waals surface area contributed by atoms with Crippen LogP contribution in [0.1, 0.15) is 39.2 Å². The van der Waals surface area contributed by atoms with E-state index in [1.807, 2.05) is 39.0 Å². The van der Waals surface area contributed by atoms with Crippen LogP contribution in [0.3, 0.4) is 0 Å². The highest BCUT2D eigenvalue weighted by atomic mass is 16.6. The molecule has 0 aromatic heterocycles. The van der Waals surface area contributed by atoms with Gasteiger partial charge in [-0.15, -0.1) is 0 Å². The molecule has 0 radical (unpaired) electrons. The predicted octanol–water partition coefficient (Wildman–Crippen LogP) is 3.01. The Labute approximate surface area is 133 Å². The first-order chi connectivity index (χ1) is 10.4. The van der Waals surface area contributed by atoms with Crippen molar-refractivity contribution in [2.45, 2.75) is 51.9 Å². The second kappa shape index (κ2) is 7.75. The molecule has 1 saturated heterocycles. The molecule has 0 spiro atoms. The third-order valence-corrected chi connectivity index (χ3v) is 3.64. The van der Waals surface area contributed by atoms with Gasteiger partial charge in [0.1, 0.15) is 5.60 Å². The van der Waals surface area contributed by atoms with Gasteiger partial charge in [-0.25, -0.2) is 0 Å². The molecule has 0 bridgehead atoms. The maximum atomic E-state index is 11.8. The van der Waals surface area contributed by atoms with E-state index in [1.54, 1.807) is 0 Å². The van der Waals surface area contributed by atoms with Crippen molar-refractivity contribution < 1.29 is 14.3 Å². The Morgan fingerprint density at radius 3 is 2.41 bits per heavy atom. The summed E-state index contributed by atoms with van der Waals surface area (Å²) >= 11 is 0. The van der Waals surface area contributed by atoms with Crippen LogP contribution >= 0.6 is 0 Å². The number of hydrogen-bond donors (Lipinski definition) is 0. The van der Waals surface area contributed by atoms with Gasteiger partial charge in [0.05, 0.1) is 19.3 Å². The van der Waals surface area contributed by atoms with E-state index in [0.717, 1.165) is 25.9 Å². The van der Waals surface area contributed by atoms with Gasteiger partial charge >= 0.3 is 5.97 Å². The molecule has 1 aromatic carbocycles. The smallest absolute Gasteiger partial charge is 0.320 e. The summed E-state index contributed by atoms with van der Waals surface area (Å²) in [6.45, 7) is 8.51. The average Bonchev–Trinajstić information content (AvgIpc) is 2.45. The standard InChI is InChI=1S/C18H27NO3/c1-18(2,3)22-17(20)13-19-11-9-16(10-12-19)21-14-15-7-5-4-6-8-15/h4-8,16H,9-14H2,1-3H3. The lowest BCUT2D eigenvalue weighted by Crippen LogP contribution is -2.41. The topological polar surface area (TPSA) is 38.8 Å². The summed E-state index contributed by atoms with van der Waals surface area (Å²) in [5, 5.41) is 0. The third-order valence-electron chi connectivity index (χ3n) is 3.64. The minimum atomic E-state index is -0.409. The molecule has 0 unspecified atom stereocenters. The first kappa shape index (κ1) is 17.0. The SMILES string of the molecule is CC(C)(C)OC(=O)CN1CCC(OCc2ccccc2)CC1. The Morgan fingerprint density at radius 1 is 1.18 bits per heavy atom. The number of ether oxygens (including phenoxy) is 2. The molecule has 2 rings (SSSR count). The van der Waals surface area contributed by atoms with Gasteiger partial charge in [0, 0.05) is 13.1 Å². The summed E-state index contributed by atoms with van der Waals surface area (Å²) < 4.78 is 11.3. The number of nitrogens with zero attached hydrogens (tertiary/aromatic N) is 1. The van der Waals surface area contributed by atoms with Crippen LogP contribution in [0.5, 0.6) is 0 Å². The van der Waals surface area contributed by atoms with Gasteiger partial charge in [-0.3, -0.25) is 9.69 Å². The fourth-order valence-corrected chi connectivity index (χ4v) is 2.58. The number of likely N-dealkylation sites (tertiary alicyclic amines) is 1. The van der Waals surface area contributed by atoms with Gasteiger partial charge in [0.15, 0.2) is 0 Å². The molecule has 1 aliphatic rings. The zero-order chi connectivity index (χ0) is 16.0. The van der Waals surface area contributed by atoms with Crippen LogP contribution in [0.2, 0.25) is 0 Å². The summed E-state index contributed by atoms with van der Waals surface area (Å²) in [6, 6.07) is 10.2. The van der Waals surface area contributed by atoms with E-state index >= 15 is 0 Å². The normalized spacial score (nSPS) is 17.4. The van der Waals surface area contributed by atoms with Crippen LogP contribution in [-0.4, -0.2) is 42.2 Å². The number of carbonyl (C=O) groups excluding carboxylic acids is 1. The average molecular weight is 305 g/mol. The highest BCUT2D eigenvalue weighted by Crippen LogP contribution is 2.16. The lowest BCUT2D eigenvalue weighted by Gasteiger charge is -2.32. The molecule has 122 valence electrons. The quantitative estimate of drug-likeness (QED) is 0.784. The second-order valence-electron chi connectivity index (χ2n) is 6.86. The van der Waals surface area contributed by atoms with Crippen molar-refractivity contribution in [3.63, 3.8) is 0 Å². The molecule has 1 heterocycles. The van der Waals surface area contributed by atoms with Crippen molar-refractivity contribution in [1.82, 2.24) is 4.90 Å². The van der Waals surface area contributed by atoms with Gasteiger partial charge in [0.25, 0.3) is 0 Å². The molecule has 22 heavy (non-hydrogen) atoms. The fraction of sp³-hybridized carbons (Fsp3) is 0.611. The van der Waals surface area contributed by atoms with Crippen LogP contribution in [0.15, 0.2) is 30.3 Å². The van der Waals surface area contributed by atoms with Crippen LogP contribution in [0.25, 0.3) is 0 Å². The molecule has 1 aromatic rings. The predicted molar refractivity (Wildman–Crippen MR) is 86.5 cm³/mol. The van der Waals surface area contributed by atoms with Crippen LogP contribution in [-0.2, 0) is 20.9 Å². The maximum absolute atomic E-state index is 11.8. The summed E-state index contributed by atoms with van der Waals surface area (Å²) in [5.74, 6) is -0.142. The molecule has 0 saturated carbocycles. The Morgan fingerprint density at radius 2 is 1.82 bits per heavy atom. The van der Waals surface area contributed by atoms with E-state index in [4.69, 9.17) is 9.47 Å². The molecule has 0 aliphatic carbocycles.